The van der Waals surface area contributed by atoms with E-state index in [1.807, 2.05) is 12.2 Å². The van der Waals surface area contributed by atoms with Gasteiger partial charge in [-0.15, -0.1) is 0 Å². The quantitative estimate of drug-likeness (QED) is 0.327. The van der Waals surface area contributed by atoms with Crippen molar-refractivity contribution in [3.63, 3.8) is 0 Å². The van der Waals surface area contributed by atoms with Crippen LogP contribution in [0.5, 0.6) is 5.75 Å². The van der Waals surface area contributed by atoms with Gasteiger partial charge in [0.15, 0.2) is 27.6 Å². The third-order valence-electron chi connectivity index (χ3n) is 3.77. The fraction of sp³-hybridized carbons (Fsp3) is 0.118. The monoisotopic (exact) mass is 463 g/mol. The van der Waals surface area contributed by atoms with Crippen LogP contribution in [0.25, 0.3) is 10.2 Å². The van der Waals surface area contributed by atoms with E-state index >= 15 is 0 Å². The van der Waals surface area contributed by atoms with E-state index in [9.17, 15) is 22.4 Å². The summed E-state index contributed by atoms with van der Waals surface area (Å²) in [4.78, 5) is 16.3. The summed E-state index contributed by atoms with van der Waals surface area (Å²) >= 11 is 12.1. The largest absolute Gasteiger partial charge is 0.491 e. The topological polar surface area (TPSA) is 63.2 Å². The number of thiazole rings is 1. The van der Waals surface area contributed by atoms with Gasteiger partial charge in [0.1, 0.15) is 5.56 Å². The van der Waals surface area contributed by atoms with Crippen LogP contribution in [-0.4, -0.2) is 23.1 Å². The Kier molecular flexibility index (Phi) is 5.92. The van der Waals surface area contributed by atoms with Gasteiger partial charge < -0.3 is 10.1 Å². The minimum Gasteiger partial charge on any atom is -0.491 e. The number of carbonyl (C=O) groups is 1. The maximum absolute atomic E-state index is 14.0. The maximum atomic E-state index is 14.0. The number of aromatic nitrogens is 1. The summed E-state index contributed by atoms with van der Waals surface area (Å²) in [7, 11) is 0.825. The van der Waals surface area contributed by atoms with Crippen molar-refractivity contribution in [2.75, 3.05) is 12.4 Å². The summed E-state index contributed by atoms with van der Waals surface area (Å²) in [6, 6.07) is 3.44. The van der Waals surface area contributed by atoms with Gasteiger partial charge in [-0.25, -0.2) is 13.8 Å². The van der Waals surface area contributed by atoms with Crippen LogP contribution in [0.1, 0.15) is 15.9 Å². The Bertz CT molecular complexity index is 1100. The summed E-state index contributed by atoms with van der Waals surface area (Å²) in [5, 5.41) is 4.92. The number of nitrogens with zero attached hydrogens (tertiary/aromatic N) is 1. The highest BCUT2D eigenvalue weighted by Gasteiger charge is 2.30. The number of methoxy groups -OCH3 is 1. The van der Waals surface area contributed by atoms with E-state index in [2.05, 4.69) is 15.0 Å². The molecule has 2 N–H and O–H groups in total. The summed E-state index contributed by atoms with van der Waals surface area (Å²) in [6.07, 6.45) is 0. The van der Waals surface area contributed by atoms with Gasteiger partial charge in [0, 0.05) is 5.02 Å². The molecule has 1 aromatic heterocycles. The molecule has 1 heterocycles. The van der Waals surface area contributed by atoms with Crippen LogP contribution in [0.3, 0.4) is 0 Å². The predicted molar refractivity (Wildman–Crippen MR) is 106 cm³/mol. The molecule has 1 amide bonds. The second-order valence-electron chi connectivity index (χ2n) is 5.66. The average molecular weight is 464 g/mol. The summed E-state index contributed by atoms with van der Waals surface area (Å²) in [5.41, 5.74) is -0.0741. The highest BCUT2D eigenvalue weighted by Crippen LogP contribution is 2.31. The van der Waals surface area contributed by atoms with Crippen molar-refractivity contribution in [3.05, 3.63) is 51.6 Å². The molecule has 0 aliphatic rings. The number of halogens is 5. The fourth-order valence-electron chi connectivity index (χ4n) is 2.39. The molecule has 12 heteroatoms. The summed E-state index contributed by atoms with van der Waals surface area (Å²) < 4.78 is 60.6. The lowest BCUT2D eigenvalue weighted by molar-refractivity contribution is 0.0966. The molecular weight excluding hydrogens is 454 g/mol. The van der Waals surface area contributed by atoms with Crippen LogP contribution in [0.4, 0.5) is 22.7 Å². The Hall–Kier alpha value is -2.50. The SMILES string of the molecule is COc1c(F)c(F)c(C(=O)NC(=S)Nc2nc3cc(Cl)c(C)cc3s2)c(F)c1F. The molecule has 29 heavy (non-hydrogen) atoms. The van der Waals surface area contributed by atoms with Crippen molar-refractivity contribution in [1.29, 1.82) is 0 Å². The van der Waals surface area contributed by atoms with Crippen molar-refractivity contribution >= 4 is 61.5 Å². The van der Waals surface area contributed by atoms with Gasteiger partial charge in [-0.3, -0.25) is 10.1 Å². The van der Waals surface area contributed by atoms with Crippen LogP contribution in [0.15, 0.2) is 12.1 Å². The van der Waals surface area contributed by atoms with Crippen molar-refractivity contribution in [2.24, 2.45) is 0 Å². The normalized spacial score (nSPS) is 10.9. The van der Waals surface area contributed by atoms with Crippen LogP contribution in [0.2, 0.25) is 5.02 Å². The van der Waals surface area contributed by atoms with Crippen LogP contribution in [-0.2, 0) is 0 Å². The first kappa shape index (κ1) is 21.2. The molecule has 2 aromatic carbocycles. The van der Waals surface area contributed by atoms with Crippen molar-refractivity contribution in [3.8, 4) is 5.75 Å². The number of aryl methyl sites for hydroxylation is 1. The van der Waals surface area contributed by atoms with E-state index in [0.29, 0.717) is 10.5 Å². The van der Waals surface area contributed by atoms with Gasteiger partial charge in [-0.05, 0) is 36.8 Å². The molecule has 0 atom stereocenters. The average Bonchev–Trinajstić information content (AvgIpc) is 3.01. The fourth-order valence-corrected chi connectivity index (χ4v) is 3.75. The van der Waals surface area contributed by atoms with Crippen LogP contribution >= 0.6 is 35.2 Å². The molecule has 0 unspecified atom stereocenters. The first-order chi connectivity index (χ1) is 13.6. The molecule has 152 valence electrons. The van der Waals surface area contributed by atoms with E-state index in [0.717, 1.165) is 17.4 Å². The molecule has 0 saturated carbocycles. The van der Waals surface area contributed by atoms with Gasteiger partial charge in [0.05, 0.1) is 17.3 Å². The lowest BCUT2D eigenvalue weighted by Crippen LogP contribution is -2.35. The number of carbonyl (C=O) groups excluding carboxylic acids is 1. The highest BCUT2D eigenvalue weighted by molar-refractivity contribution is 7.80. The zero-order valence-electron chi connectivity index (χ0n) is 14.6. The van der Waals surface area contributed by atoms with E-state index in [4.69, 9.17) is 23.8 Å². The number of nitrogens with one attached hydrogen (secondary N) is 2. The van der Waals surface area contributed by atoms with Crippen LogP contribution in [0, 0.1) is 30.2 Å². The zero-order valence-corrected chi connectivity index (χ0v) is 17.0. The number of thiocarbonyl (C=S) groups is 1. The van der Waals surface area contributed by atoms with E-state index < -0.39 is 40.5 Å². The molecular formula is C17H10ClF4N3O2S2. The molecule has 5 nitrogen and oxygen atoms in total. The number of anilines is 1. The molecule has 0 bridgehead atoms. The number of rotatable bonds is 3. The number of ether oxygens (including phenoxy) is 1. The molecule has 0 radical (unpaired) electrons. The Morgan fingerprint density at radius 3 is 2.38 bits per heavy atom. The molecule has 0 saturated heterocycles. The van der Waals surface area contributed by atoms with Crippen molar-refractivity contribution < 1.29 is 27.1 Å². The number of fused-ring (bicyclic) bond motifs is 1. The van der Waals surface area contributed by atoms with Gasteiger partial charge in [-0.2, -0.15) is 8.78 Å². The number of hydrogen-bond acceptors (Lipinski definition) is 5. The Morgan fingerprint density at radius 1 is 1.17 bits per heavy atom. The lowest BCUT2D eigenvalue weighted by atomic mass is 10.1. The Balaban J connectivity index is 1.82. The molecule has 0 spiro atoms. The number of benzene rings is 2. The van der Waals surface area contributed by atoms with Crippen molar-refractivity contribution in [1.82, 2.24) is 10.3 Å². The molecule has 0 aliphatic heterocycles. The second kappa shape index (κ2) is 8.09. The third kappa shape index (κ3) is 3.98. The highest BCUT2D eigenvalue weighted by atomic mass is 35.5. The number of hydrogen-bond donors (Lipinski definition) is 2. The van der Waals surface area contributed by atoms with E-state index in [1.165, 1.54) is 11.3 Å². The first-order valence-electron chi connectivity index (χ1n) is 7.73. The van der Waals surface area contributed by atoms with E-state index in [1.54, 1.807) is 12.1 Å². The van der Waals surface area contributed by atoms with Crippen molar-refractivity contribution in [2.45, 2.75) is 6.92 Å². The standard InChI is InChI=1S/C17H10ClF4N3O2S2/c1-5-3-8-7(4-6(5)18)23-17(29-8)25-16(28)24-15(26)9-10(19)12(21)14(27-2)13(22)11(9)20/h3-4H,1-2H3,(H2,23,24,25,26,28). The molecule has 0 aliphatic carbocycles. The third-order valence-corrected chi connectivity index (χ3v) is 5.32. The van der Waals surface area contributed by atoms with Gasteiger partial charge in [-0.1, -0.05) is 22.9 Å². The summed E-state index contributed by atoms with van der Waals surface area (Å²) in [6.45, 7) is 1.82. The molecule has 0 fully saturated rings. The number of amides is 1. The molecule has 3 rings (SSSR count). The first-order valence-corrected chi connectivity index (χ1v) is 9.33. The maximum Gasteiger partial charge on any atom is 0.263 e. The van der Waals surface area contributed by atoms with Gasteiger partial charge in [0.2, 0.25) is 11.6 Å². The minimum absolute atomic E-state index is 0.264. The van der Waals surface area contributed by atoms with Gasteiger partial charge >= 0.3 is 0 Å². The van der Waals surface area contributed by atoms with Gasteiger partial charge in [0.25, 0.3) is 5.91 Å². The predicted octanol–water partition coefficient (Wildman–Crippen LogP) is 4.95. The molecule has 3 aromatic rings. The summed E-state index contributed by atoms with van der Waals surface area (Å²) in [5.74, 6) is -10.3. The van der Waals surface area contributed by atoms with E-state index in [-0.39, 0.29) is 10.2 Å². The minimum atomic E-state index is -1.91. The smallest absolute Gasteiger partial charge is 0.263 e. The second-order valence-corrected chi connectivity index (χ2v) is 7.51. The zero-order chi connectivity index (χ0) is 21.5. The van der Waals surface area contributed by atoms with Crippen LogP contribution < -0.4 is 15.4 Å². The Labute approximate surface area is 175 Å². The Morgan fingerprint density at radius 2 is 1.79 bits per heavy atom. The lowest BCUT2D eigenvalue weighted by Gasteiger charge is -2.11.